The van der Waals surface area contributed by atoms with Gasteiger partial charge in [-0.25, -0.2) is 0 Å². The molecule has 5 heteroatoms. The van der Waals surface area contributed by atoms with Gasteiger partial charge in [0.15, 0.2) is 0 Å². The number of ether oxygens (including phenoxy) is 2. The van der Waals surface area contributed by atoms with Crippen LogP contribution in [0.4, 0.5) is 0 Å². The van der Waals surface area contributed by atoms with Crippen LogP contribution in [0.25, 0.3) is 0 Å². The predicted octanol–water partition coefficient (Wildman–Crippen LogP) is 1.01. The zero-order valence-corrected chi connectivity index (χ0v) is 12.9. The van der Waals surface area contributed by atoms with Crippen molar-refractivity contribution >= 4 is 5.91 Å². The lowest BCUT2D eigenvalue weighted by molar-refractivity contribution is -0.140. The van der Waals surface area contributed by atoms with Crippen molar-refractivity contribution in [2.75, 3.05) is 26.2 Å². The molecule has 4 atom stereocenters. The Morgan fingerprint density at radius 3 is 2.40 bits per heavy atom. The van der Waals surface area contributed by atoms with Crippen molar-refractivity contribution in [3.63, 3.8) is 0 Å². The largest absolute Gasteiger partial charge is 0.377 e. The molecule has 0 aromatic rings. The van der Waals surface area contributed by atoms with E-state index in [-0.39, 0.29) is 30.1 Å². The Morgan fingerprint density at radius 2 is 1.90 bits per heavy atom. The van der Waals surface area contributed by atoms with Crippen LogP contribution in [-0.4, -0.2) is 55.4 Å². The van der Waals surface area contributed by atoms with E-state index in [9.17, 15) is 4.79 Å². The predicted molar refractivity (Wildman–Crippen MR) is 77.3 cm³/mol. The minimum atomic E-state index is 0.00603. The maximum atomic E-state index is 12.7. The molecule has 0 spiro atoms. The number of hydrogen-bond donors (Lipinski definition) is 1. The van der Waals surface area contributed by atoms with Crippen LogP contribution in [0.1, 0.15) is 33.6 Å². The lowest BCUT2D eigenvalue weighted by Gasteiger charge is -2.34. The molecule has 0 aromatic heterocycles. The summed E-state index contributed by atoms with van der Waals surface area (Å²) in [5.41, 5.74) is 5.44. The zero-order chi connectivity index (χ0) is 14.7. The summed E-state index contributed by atoms with van der Waals surface area (Å²) in [5, 5.41) is 0. The van der Waals surface area contributed by atoms with Gasteiger partial charge in [-0.2, -0.15) is 0 Å². The molecule has 116 valence electrons. The summed E-state index contributed by atoms with van der Waals surface area (Å²) < 4.78 is 11.4. The van der Waals surface area contributed by atoms with Crippen LogP contribution in [0.15, 0.2) is 0 Å². The molecule has 2 aliphatic heterocycles. The second-order valence-corrected chi connectivity index (χ2v) is 6.12. The van der Waals surface area contributed by atoms with E-state index in [4.69, 9.17) is 15.2 Å². The molecule has 5 nitrogen and oxygen atoms in total. The first kappa shape index (κ1) is 15.7. The van der Waals surface area contributed by atoms with E-state index < -0.39 is 0 Å². The van der Waals surface area contributed by atoms with Crippen LogP contribution in [0.2, 0.25) is 0 Å². The monoisotopic (exact) mass is 284 g/mol. The van der Waals surface area contributed by atoms with E-state index >= 15 is 0 Å². The van der Waals surface area contributed by atoms with Crippen LogP contribution < -0.4 is 5.73 Å². The molecule has 20 heavy (non-hydrogen) atoms. The first-order valence-electron chi connectivity index (χ1n) is 7.80. The van der Waals surface area contributed by atoms with Crippen molar-refractivity contribution < 1.29 is 14.3 Å². The van der Waals surface area contributed by atoms with Gasteiger partial charge in [-0.1, -0.05) is 6.92 Å². The molecule has 1 amide bonds. The first-order valence-corrected chi connectivity index (χ1v) is 7.80. The van der Waals surface area contributed by atoms with E-state index in [0.717, 1.165) is 25.9 Å². The fourth-order valence-corrected chi connectivity index (χ4v) is 3.38. The van der Waals surface area contributed by atoms with Crippen LogP contribution in [0, 0.1) is 11.8 Å². The molecule has 2 saturated heterocycles. The van der Waals surface area contributed by atoms with E-state index in [1.165, 1.54) is 0 Å². The Hall–Kier alpha value is -0.650. The average Bonchev–Trinajstić information content (AvgIpc) is 2.70. The smallest absolute Gasteiger partial charge is 0.228 e. The summed E-state index contributed by atoms with van der Waals surface area (Å²) in [7, 11) is 0. The average molecular weight is 284 g/mol. The normalized spacial score (nSPS) is 35.5. The van der Waals surface area contributed by atoms with Crippen molar-refractivity contribution in [3.8, 4) is 0 Å². The van der Waals surface area contributed by atoms with E-state index in [0.29, 0.717) is 19.1 Å². The summed E-state index contributed by atoms with van der Waals surface area (Å²) in [6.07, 6.45) is 2.29. The first-order chi connectivity index (χ1) is 9.54. The molecule has 2 rings (SSSR count). The number of likely N-dealkylation sites (tertiary alicyclic amines) is 1. The molecular formula is C15H28N2O3. The third kappa shape index (κ3) is 3.32. The second-order valence-electron chi connectivity index (χ2n) is 6.12. The maximum Gasteiger partial charge on any atom is 0.228 e. The minimum absolute atomic E-state index is 0.00603. The van der Waals surface area contributed by atoms with Gasteiger partial charge < -0.3 is 20.1 Å². The van der Waals surface area contributed by atoms with Crippen molar-refractivity contribution in [1.82, 2.24) is 4.90 Å². The van der Waals surface area contributed by atoms with Crippen LogP contribution in [-0.2, 0) is 14.3 Å². The van der Waals surface area contributed by atoms with E-state index in [1.54, 1.807) is 0 Å². The number of nitrogens with two attached hydrogens (primary N) is 1. The molecular weight excluding hydrogens is 256 g/mol. The Bertz CT molecular complexity index is 329. The molecule has 4 unspecified atom stereocenters. The van der Waals surface area contributed by atoms with Gasteiger partial charge in [0.1, 0.15) is 0 Å². The Kier molecular flexibility index (Phi) is 5.41. The van der Waals surface area contributed by atoms with Crippen LogP contribution in [0.5, 0.6) is 0 Å². The minimum Gasteiger partial charge on any atom is -0.377 e. The fraction of sp³-hybridized carbons (Fsp3) is 0.933. The number of carbonyl (C=O) groups excluding carboxylic acids is 1. The van der Waals surface area contributed by atoms with Crippen molar-refractivity contribution in [1.29, 1.82) is 0 Å². The highest BCUT2D eigenvalue weighted by Crippen LogP contribution is 2.34. The highest BCUT2D eigenvalue weighted by atomic mass is 16.5. The highest BCUT2D eigenvalue weighted by molar-refractivity contribution is 5.80. The summed E-state index contributed by atoms with van der Waals surface area (Å²) in [4.78, 5) is 14.7. The molecule has 2 fully saturated rings. The SMILES string of the molecule is CC1OC(C)C(C(=O)N2CCC(OCCN)CC2)C1C. The lowest BCUT2D eigenvalue weighted by atomic mass is 9.88. The van der Waals surface area contributed by atoms with Gasteiger partial charge in [-0.05, 0) is 32.6 Å². The Morgan fingerprint density at radius 1 is 1.25 bits per heavy atom. The maximum absolute atomic E-state index is 12.7. The number of rotatable bonds is 4. The summed E-state index contributed by atoms with van der Waals surface area (Å²) in [5.74, 6) is 0.557. The summed E-state index contributed by atoms with van der Waals surface area (Å²) >= 11 is 0. The zero-order valence-electron chi connectivity index (χ0n) is 12.9. The summed E-state index contributed by atoms with van der Waals surface area (Å²) in [6.45, 7) is 8.94. The van der Waals surface area contributed by atoms with Gasteiger partial charge >= 0.3 is 0 Å². The molecule has 2 N–H and O–H groups in total. The Labute approximate surface area is 121 Å². The fourth-order valence-electron chi connectivity index (χ4n) is 3.38. The number of piperidine rings is 1. The lowest BCUT2D eigenvalue weighted by Crippen LogP contribution is -2.46. The van der Waals surface area contributed by atoms with Gasteiger partial charge in [0.25, 0.3) is 0 Å². The van der Waals surface area contributed by atoms with E-state index in [1.807, 2.05) is 11.8 Å². The number of nitrogens with zero attached hydrogens (tertiary/aromatic N) is 1. The summed E-state index contributed by atoms with van der Waals surface area (Å²) in [6, 6.07) is 0. The van der Waals surface area contributed by atoms with Gasteiger partial charge in [0.2, 0.25) is 5.91 Å². The number of hydrogen-bond acceptors (Lipinski definition) is 4. The second kappa shape index (κ2) is 6.87. The van der Waals surface area contributed by atoms with Gasteiger partial charge in [-0.15, -0.1) is 0 Å². The standard InChI is InChI=1S/C15H28N2O3/c1-10-11(2)20-12(3)14(10)15(18)17-7-4-13(5-8-17)19-9-6-16/h10-14H,4-9,16H2,1-3H3. The number of carbonyl (C=O) groups is 1. The molecule has 0 saturated carbocycles. The van der Waals surface area contributed by atoms with Gasteiger partial charge in [0.05, 0.1) is 30.8 Å². The van der Waals surface area contributed by atoms with Crippen LogP contribution >= 0.6 is 0 Å². The topological polar surface area (TPSA) is 64.8 Å². The quantitative estimate of drug-likeness (QED) is 0.837. The third-order valence-corrected chi connectivity index (χ3v) is 4.75. The third-order valence-electron chi connectivity index (χ3n) is 4.75. The molecule has 2 aliphatic rings. The van der Waals surface area contributed by atoms with E-state index in [2.05, 4.69) is 13.8 Å². The van der Waals surface area contributed by atoms with Crippen LogP contribution in [0.3, 0.4) is 0 Å². The Balaban J connectivity index is 1.85. The number of amides is 1. The molecule has 0 bridgehead atoms. The van der Waals surface area contributed by atoms with Gasteiger partial charge in [0, 0.05) is 19.6 Å². The molecule has 0 aliphatic carbocycles. The molecule has 0 aromatic carbocycles. The van der Waals surface area contributed by atoms with Gasteiger partial charge in [-0.3, -0.25) is 4.79 Å². The van der Waals surface area contributed by atoms with Crippen molar-refractivity contribution in [3.05, 3.63) is 0 Å². The molecule has 0 radical (unpaired) electrons. The highest BCUT2D eigenvalue weighted by Gasteiger charge is 2.43. The van der Waals surface area contributed by atoms with Crippen molar-refractivity contribution in [2.45, 2.75) is 51.9 Å². The van der Waals surface area contributed by atoms with Crippen molar-refractivity contribution in [2.24, 2.45) is 17.6 Å². The molecule has 2 heterocycles.